The van der Waals surface area contributed by atoms with Crippen molar-refractivity contribution in [3.05, 3.63) is 42.2 Å². The van der Waals surface area contributed by atoms with Crippen LogP contribution in [0.15, 0.2) is 36.7 Å². The summed E-state index contributed by atoms with van der Waals surface area (Å²) in [5, 5.41) is 23.6. The van der Waals surface area contributed by atoms with Crippen LogP contribution in [0.3, 0.4) is 0 Å². The van der Waals surface area contributed by atoms with E-state index in [-0.39, 0.29) is 18.6 Å². The van der Waals surface area contributed by atoms with Gasteiger partial charge in [0.2, 0.25) is 5.91 Å². The molecule has 7 heteroatoms. The number of aromatic nitrogens is 4. The largest absolute Gasteiger partial charge is 0.396 e. The molecule has 0 bridgehead atoms. The highest BCUT2D eigenvalue weighted by atomic mass is 16.3. The van der Waals surface area contributed by atoms with E-state index < -0.39 is 6.04 Å². The van der Waals surface area contributed by atoms with Gasteiger partial charge in [-0.05, 0) is 47.6 Å². The van der Waals surface area contributed by atoms with Gasteiger partial charge in [0, 0.05) is 19.1 Å². The maximum absolute atomic E-state index is 12.8. The normalized spacial score (nSPS) is 22.0. The molecule has 2 aromatic rings. The van der Waals surface area contributed by atoms with Gasteiger partial charge in [-0.1, -0.05) is 30.3 Å². The van der Waals surface area contributed by atoms with E-state index in [2.05, 4.69) is 20.8 Å². The second kappa shape index (κ2) is 8.01. The molecule has 0 spiro atoms. The zero-order chi connectivity index (χ0) is 16.8. The first-order valence-electron chi connectivity index (χ1n) is 8.44. The summed E-state index contributed by atoms with van der Waals surface area (Å²) in [5.74, 6) is 0.316. The molecule has 1 aliphatic carbocycles. The molecule has 0 aliphatic heterocycles. The van der Waals surface area contributed by atoms with Gasteiger partial charge >= 0.3 is 0 Å². The molecule has 2 N–H and O–H groups in total. The Labute approximate surface area is 141 Å². The van der Waals surface area contributed by atoms with E-state index >= 15 is 0 Å². The van der Waals surface area contributed by atoms with Crippen molar-refractivity contribution in [3.8, 4) is 0 Å². The lowest BCUT2D eigenvalue weighted by Crippen LogP contribution is -2.42. The average molecular weight is 329 g/mol. The number of amides is 1. The summed E-state index contributed by atoms with van der Waals surface area (Å²) in [7, 11) is 0. The fraction of sp³-hybridized carbons (Fsp3) is 0.529. The summed E-state index contributed by atoms with van der Waals surface area (Å²) in [4.78, 5) is 12.8. The molecule has 1 amide bonds. The smallest absolute Gasteiger partial charge is 0.245 e. The van der Waals surface area contributed by atoms with Gasteiger partial charge in [0.1, 0.15) is 12.4 Å². The standard InChI is InChI=1S/C17H23N5O2/c23-11-14-6-8-15(9-7-14)19-17(24)16(22-12-18-20-21-22)10-13-4-2-1-3-5-13/h1-5,12,14-16,23H,6-11H2,(H,19,24). The highest BCUT2D eigenvalue weighted by Crippen LogP contribution is 2.24. The maximum Gasteiger partial charge on any atom is 0.245 e. The zero-order valence-corrected chi connectivity index (χ0v) is 13.6. The number of nitrogens with one attached hydrogen (secondary N) is 1. The van der Waals surface area contributed by atoms with Gasteiger partial charge in [0.05, 0.1) is 0 Å². The Morgan fingerprint density at radius 1 is 1.25 bits per heavy atom. The second-order valence-electron chi connectivity index (χ2n) is 6.40. The zero-order valence-electron chi connectivity index (χ0n) is 13.6. The Balaban J connectivity index is 1.66. The van der Waals surface area contributed by atoms with Crippen molar-refractivity contribution < 1.29 is 9.90 Å². The summed E-state index contributed by atoms with van der Waals surface area (Å²) in [6.07, 6.45) is 5.75. The lowest BCUT2D eigenvalue weighted by atomic mass is 9.86. The lowest BCUT2D eigenvalue weighted by molar-refractivity contribution is -0.125. The van der Waals surface area contributed by atoms with Crippen molar-refractivity contribution >= 4 is 5.91 Å². The van der Waals surface area contributed by atoms with Crippen molar-refractivity contribution in [2.24, 2.45) is 5.92 Å². The van der Waals surface area contributed by atoms with Crippen LogP contribution in [-0.4, -0.2) is 43.9 Å². The summed E-state index contributed by atoms with van der Waals surface area (Å²) in [5.41, 5.74) is 1.07. The lowest BCUT2D eigenvalue weighted by Gasteiger charge is -2.29. The third-order valence-corrected chi connectivity index (χ3v) is 4.71. The third kappa shape index (κ3) is 4.17. The Hall–Kier alpha value is -2.28. The summed E-state index contributed by atoms with van der Waals surface area (Å²) in [6, 6.07) is 9.57. The number of rotatable bonds is 6. The number of hydrogen-bond donors (Lipinski definition) is 2. The van der Waals surface area contributed by atoms with Gasteiger partial charge in [0.15, 0.2) is 0 Å². The van der Waals surface area contributed by atoms with Crippen LogP contribution < -0.4 is 5.32 Å². The number of aliphatic hydroxyl groups is 1. The summed E-state index contributed by atoms with van der Waals surface area (Å²) < 4.78 is 1.52. The van der Waals surface area contributed by atoms with Gasteiger partial charge < -0.3 is 10.4 Å². The quantitative estimate of drug-likeness (QED) is 0.828. The van der Waals surface area contributed by atoms with E-state index in [1.165, 1.54) is 11.0 Å². The molecule has 1 aliphatic rings. The topological polar surface area (TPSA) is 92.9 Å². The van der Waals surface area contributed by atoms with E-state index in [4.69, 9.17) is 0 Å². The minimum Gasteiger partial charge on any atom is -0.396 e. The number of carbonyl (C=O) groups is 1. The minimum atomic E-state index is -0.460. The number of nitrogens with zero attached hydrogens (tertiary/aromatic N) is 4. The average Bonchev–Trinajstić information content (AvgIpc) is 3.15. The second-order valence-corrected chi connectivity index (χ2v) is 6.40. The van der Waals surface area contributed by atoms with Crippen LogP contribution in [0.5, 0.6) is 0 Å². The van der Waals surface area contributed by atoms with E-state index in [0.717, 1.165) is 31.2 Å². The number of hydrogen-bond acceptors (Lipinski definition) is 5. The molecule has 3 rings (SSSR count). The molecule has 1 saturated carbocycles. The molecular formula is C17H23N5O2. The first kappa shape index (κ1) is 16.6. The molecule has 7 nitrogen and oxygen atoms in total. The predicted octanol–water partition coefficient (Wildman–Crippen LogP) is 1.12. The molecule has 1 aromatic heterocycles. The van der Waals surface area contributed by atoms with Crippen LogP contribution in [0.4, 0.5) is 0 Å². The number of benzene rings is 1. The molecule has 1 heterocycles. The Kier molecular flexibility index (Phi) is 5.53. The molecule has 24 heavy (non-hydrogen) atoms. The van der Waals surface area contributed by atoms with Crippen LogP contribution in [0.25, 0.3) is 0 Å². The van der Waals surface area contributed by atoms with Gasteiger partial charge in [0.25, 0.3) is 0 Å². The maximum atomic E-state index is 12.8. The highest BCUT2D eigenvalue weighted by Gasteiger charge is 2.27. The van der Waals surface area contributed by atoms with E-state index in [9.17, 15) is 9.90 Å². The predicted molar refractivity (Wildman–Crippen MR) is 88.0 cm³/mol. The van der Waals surface area contributed by atoms with Crippen molar-refractivity contribution in [1.29, 1.82) is 0 Å². The van der Waals surface area contributed by atoms with Crippen LogP contribution in [0.1, 0.15) is 37.3 Å². The number of aliphatic hydroxyl groups excluding tert-OH is 1. The van der Waals surface area contributed by atoms with Crippen molar-refractivity contribution in [2.45, 2.75) is 44.2 Å². The molecule has 128 valence electrons. The Morgan fingerprint density at radius 3 is 2.62 bits per heavy atom. The van der Waals surface area contributed by atoms with Crippen LogP contribution in [0, 0.1) is 5.92 Å². The van der Waals surface area contributed by atoms with Crippen molar-refractivity contribution in [2.75, 3.05) is 6.61 Å². The van der Waals surface area contributed by atoms with E-state index in [1.54, 1.807) is 0 Å². The molecule has 1 atom stereocenters. The van der Waals surface area contributed by atoms with Gasteiger partial charge in [-0.2, -0.15) is 0 Å². The Bertz CT molecular complexity index is 624. The summed E-state index contributed by atoms with van der Waals surface area (Å²) >= 11 is 0. The highest BCUT2D eigenvalue weighted by molar-refractivity contribution is 5.80. The molecule has 0 radical (unpaired) electrons. The molecule has 1 fully saturated rings. The van der Waals surface area contributed by atoms with E-state index in [1.807, 2.05) is 30.3 Å². The number of tetrazole rings is 1. The Morgan fingerprint density at radius 2 is 2.00 bits per heavy atom. The van der Waals surface area contributed by atoms with Crippen LogP contribution in [-0.2, 0) is 11.2 Å². The molecule has 1 aromatic carbocycles. The SMILES string of the molecule is O=C(NC1CCC(CO)CC1)C(Cc1ccccc1)n1cnnn1. The first-order valence-corrected chi connectivity index (χ1v) is 8.44. The minimum absolute atomic E-state index is 0.0569. The van der Waals surface area contributed by atoms with Crippen molar-refractivity contribution in [3.63, 3.8) is 0 Å². The van der Waals surface area contributed by atoms with Gasteiger partial charge in [-0.15, -0.1) is 5.10 Å². The van der Waals surface area contributed by atoms with Crippen LogP contribution in [0.2, 0.25) is 0 Å². The molecule has 1 unspecified atom stereocenters. The third-order valence-electron chi connectivity index (χ3n) is 4.71. The fourth-order valence-electron chi connectivity index (χ4n) is 3.24. The molecular weight excluding hydrogens is 306 g/mol. The van der Waals surface area contributed by atoms with Crippen molar-refractivity contribution in [1.82, 2.24) is 25.5 Å². The van der Waals surface area contributed by atoms with Gasteiger partial charge in [-0.3, -0.25) is 4.79 Å². The summed E-state index contributed by atoms with van der Waals surface area (Å²) in [6.45, 7) is 0.238. The van der Waals surface area contributed by atoms with E-state index in [0.29, 0.717) is 12.3 Å². The fourth-order valence-corrected chi connectivity index (χ4v) is 3.24. The number of carbonyl (C=O) groups excluding carboxylic acids is 1. The van der Waals surface area contributed by atoms with Gasteiger partial charge in [-0.25, -0.2) is 4.68 Å². The molecule has 0 saturated heterocycles. The first-order chi connectivity index (χ1) is 11.8. The monoisotopic (exact) mass is 329 g/mol. The van der Waals surface area contributed by atoms with Crippen LogP contribution >= 0.6 is 0 Å².